The lowest BCUT2D eigenvalue weighted by Gasteiger charge is -2.11. The molecule has 0 saturated heterocycles. The SMILES string of the molecule is CCc1ccccc1CNC(=O)Nc1cccc(CS(C)(=O)=O)c1. The Hall–Kier alpha value is -2.34. The van der Waals surface area contributed by atoms with Crippen molar-refractivity contribution >= 4 is 21.6 Å². The molecule has 24 heavy (non-hydrogen) atoms. The molecule has 0 fully saturated rings. The van der Waals surface area contributed by atoms with Crippen LogP contribution in [0.3, 0.4) is 0 Å². The minimum atomic E-state index is -3.10. The normalized spacial score (nSPS) is 11.1. The molecule has 6 heteroatoms. The first-order valence-corrected chi connectivity index (χ1v) is 9.81. The third-order valence-corrected chi connectivity index (χ3v) is 4.41. The van der Waals surface area contributed by atoms with Gasteiger partial charge in [-0.1, -0.05) is 43.3 Å². The molecular weight excluding hydrogens is 324 g/mol. The molecule has 0 aromatic heterocycles. The number of carbonyl (C=O) groups excluding carboxylic acids is 1. The van der Waals surface area contributed by atoms with E-state index in [-0.39, 0.29) is 11.8 Å². The van der Waals surface area contributed by atoms with Crippen molar-refractivity contribution in [3.63, 3.8) is 0 Å². The predicted molar refractivity (Wildman–Crippen MR) is 96.7 cm³/mol. The molecule has 0 aliphatic rings. The highest BCUT2D eigenvalue weighted by Gasteiger charge is 2.07. The summed E-state index contributed by atoms with van der Waals surface area (Å²) < 4.78 is 22.7. The van der Waals surface area contributed by atoms with E-state index in [0.29, 0.717) is 17.8 Å². The molecule has 0 radical (unpaired) electrons. The largest absolute Gasteiger partial charge is 0.334 e. The first kappa shape index (κ1) is 18.0. The van der Waals surface area contributed by atoms with E-state index in [1.165, 1.54) is 11.8 Å². The quantitative estimate of drug-likeness (QED) is 0.844. The lowest BCUT2D eigenvalue weighted by Crippen LogP contribution is -2.28. The third-order valence-electron chi connectivity index (χ3n) is 3.55. The van der Waals surface area contributed by atoms with Gasteiger partial charge in [0.15, 0.2) is 9.84 Å². The zero-order valence-electron chi connectivity index (χ0n) is 13.9. The van der Waals surface area contributed by atoms with Crippen LogP contribution in [0.2, 0.25) is 0 Å². The molecule has 128 valence electrons. The maximum atomic E-state index is 12.0. The number of hydrogen-bond acceptors (Lipinski definition) is 3. The molecule has 0 aliphatic heterocycles. The molecule has 2 rings (SSSR count). The topological polar surface area (TPSA) is 75.3 Å². The van der Waals surface area contributed by atoms with Gasteiger partial charge in [0.1, 0.15) is 0 Å². The minimum Gasteiger partial charge on any atom is -0.334 e. The fourth-order valence-electron chi connectivity index (χ4n) is 2.47. The van der Waals surface area contributed by atoms with Crippen LogP contribution in [-0.4, -0.2) is 20.7 Å². The number of rotatable bonds is 6. The van der Waals surface area contributed by atoms with Crippen LogP contribution in [0, 0.1) is 0 Å². The van der Waals surface area contributed by atoms with Gasteiger partial charge in [0.2, 0.25) is 0 Å². The van der Waals surface area contributed by atoms with Crippen molar-refractivity contribution in [2.75, 3.05) is 11.6 Å². The van der Waals surface area contributed by atoms with Gasteiger partial charge in [0, 0.05) is 18.5 Å². The molecule has 0 aliphatic carbocycles. The van der Waals surface area contributed by atoms with E-state index in [4.69, 9.17) is 0 Å². The van der Waals surface area contributed by atoms with Crippen molar-refractivity contribution in [2.45, 2.75) is 25.6 Å². The number of sulfone groups is 1. The second-order valence-electron chi connectivity index (χ2n) is 5.70. The summed E-state index contributed by atoms with van der Waals surface area (Å²) in [5.41, 5.74) is 3.50. The highest BCUT2D eigenvalue weighted by Crippen LogP contribution is 2.13. The van der Waals surface area contributed by atoms with Crippen LogP contribution in [-0.2, 0) is 28.6 Å². The summed E-state index contributed by atoms with van der Waals surface area (Å²) in [6.07, 6.45) is 2.10. The van der Waals surface area contributed by atoms with Crippen LogP contribution in [0.25, 0.3) is 0 Å². The number of aryl methyl sites for hydroxylation is 1. The molecule has 0 heterocycles. The van der Waals surface area contributed by atoms with E-state index in [1.807, 2.05) is 24.3 Å². The number of urea groups is 1. The Bertz CT molecular complexity index is 817. The van der Waals surface area contributed by atoms with Gasteiger partial charge in [-0.25, -0.2) is 13.2 Å². The fraction of sp³-hybridized carbons (Fsp3) is 0.278. The highest BCUT2D eigenvalue weighted by atomic mass is 32.2. The molecule has 0 spiro atoms. The molecule has 0 atom stereocenters. The van der Waals surface area contributed by atoms with Crippen molar-refractivity contribution in [1.82, 2.24) is 5.32 Å². The van der Waals surface area contributed by atoms with E-state index in [0.717, 1.165) is 12.0 Å². The Morgan fingerprint density at radius 3 is 2.42 bits per heavy atom. The number of hydrogen-bond donors (Lipinski definition) is 2. The van der Waals surface area contributed by atoms with E-state index in [2.05, 4.69) is 17.6 Å². The summed E-state index contributed by atoms with van der Waals surface area (Å²) in [7, 11) is -3.10. The highest BCUT2D eigenvalue weighted by molar-refractivity contribution is 7.89. The van der Waals surface area contributed by atoms with Crippen molar-refractivity contribution in [2.24, 2.45) is 0 Å². The maximum Gasteiger partial charge on any atom is 0.319 e. The van der Waals surface area contributed by atoms with E-state index < -0.39 is 9.84 Å². The molecule has 5 nitrogen and oxygen atoms in total. The Labute approximate surface area is 143 Å². The van der Waals surface area contributed by atoms with Crippen molar-refractivity contribution in [3.05, 3.63) is 65.2 Å². The monoisotopic (exact) mass is 346 g/mol. The van der Waals surface area contributed by atoms with Crippen molar-refractivity contribution in [3.8, 4) is 0 Å². The summed E-state index contributed by atoms with van der Waals surface area (Å²) in [6, 6.07) is 14.5. The number of benzene rings is 2. The van der Waals surface area contributed by atoms with Crippen LogP contribution in [0.15, 0.2) is 48.5 Å². The number of anilines is 1. The molecule has 2 aromatic rings. The molecule has 2 amide bonds. The van der Waals surface area contributed by atoms with Crippen LogP contribution < -0.4 is 10.6 Å². The molecule has 0 unspecified atom stereocenters. The van der Waals surface area contributed by atoms with Crippen LogP contribution in [0.5, 0.6) is 0 Å². The Morgan fingerprint density at radius 2 is 1.75 bits per heavy atom. The van der Waals surface area contributed by atoms with Gasteiger partial charge in [-0.3, -0.25) is 0 Å². The lowest BCUT2D eigenvalue weighted by molar-refractivity contribution is 0.251. The summed E-state index contributed by atoms with van der Waals surface area (Å²) in [4.78, 5) is 12.0. The first-order valence-electron chi connectivity index (χ1n) is 7.75. The average Bonchev–Trinajstić information content (AvgIpc) is 2.52. The van der Waals surface area contributed by atoms with Crippen LogP contribution >= 0.6 is 0 Å². The fourth-order valence-corrected chi connectivity index (χ4v) is 3.25. The molecule has 2 N–H and O–H groups in total. The standard InChI is InChI=1S/C18H22N2O3S/c1-3-15-8-4-5-9-16(15)12-19-18(21)20-17-10-6-7-14(11-17)13-24(2,22)23/h4-11H,3,12-13H2,1-2H3,(H2,19,20,21). The Kier molecular flexibility index (Phi) is 5.98. The van der Waals surface area contributed by atoms with Gasteiger partial charge in [-0.05, 0) is 35.2 Å². The van der Waals surface area contributed by atoms with Crippen LogP contribution in [0.1, 0.15) is 23.6 Å². The van der Waals surface area contributed by atoms with E-state index >= 15 is 0 Å². The Morgan fingerprint density at radius 1 is 1.04 bits per heavy atom. The van der Waals surface area contributed by atoms with E-state index in [1.54, 1.807) is 24.3 Å². The van der Waals surface area contributed by atoms with Gasteiger partial charge in [-0.2, -0.15) is 0 Å². The number of nitrogens with one attached hydrogen (secondary N) is 2. The summed E-state index contributed by atoms with van der Waals surface area (Å²) in [5, 5.41) is 5.55. The lowest BCUT2D eigenvalue weighted by atomic mass is 10.1. The third kappa shape index (κ3) is 5.70. The summed E-state index contributed by atoms with van der Waals surface area (Å²) in [6.45, 7) is 2.52. The zero-order valence-corrected chi connectivity index (χ0v) is 14.7. The first-order chi connectivity index (χ1) is 11.4. The molecule has 2 aromatic carbocycles. The van der Waals surface area contributed by atoms with Gasteiger partial charge in [-0.15, -0.1) is 0 Å². The summed E-state index contributed by atoms with van der Waals surface area (Å²) in [5.74, 6) is -0.0476. The van der Waals surface area contributed by atoms with Crippen molar-refractivity contribution < 1.29 is 13.2 Å². The van der Waals surface area contributed by atoms with Crippen LogP contribution in [0.4, 0.5) is 10.5 Å². The number of carbonyl (C=O) groups is 1. The van der Waals surface area contributed by atoms with E-state index in [9.17, 15) is 13.2 Å². The summed E-state index contributed by atoms with van der Waals surface area (Å²) >= 11 is 0. The predicted octanol–water partition coefficient (Wildman–Crippen LogP) is 3.12. The van der Waals surface area contributed by atoms with Gasteiger partial charge in [0.25, 0.3) is 0 Å². The average molecular weight is 346 g/mol. The maximum absolute atomic E-state index is 12.0. The Balaban J connectivity index is 1.96. The minimum absolute atomic E-state index is 0.0476. The van der Waals surface area contributed by atoms with Gasteiger partial charge < -0.3 is 10.6 Å². The van der Waals surface area contributed by atoms with Crippen molar-refractivity contribution in [1.29, 1.82) is 0 Å². The second kappa shape index (κ2) is 7.97. The molecular formula is C18H22N2O3S. The van der Waals surface area contributed by atoms with Gasteiger partial charge >= 0.3 is 6.03 Å². The zero-order chi connectivity index (χ0) is 17.6. The molecule has 0 bridgehead atoms. The number of amides is 2. The van der Waals surface area contributed by atoms with Gasteiger partial charge in [0.05, 0.1) is 5.75 Å². The second-order valence-corrected chi connectivity index (χ2v) is 7.84. The smallest absolute Gasteiger partial charge is 0.319 e. The molecule has 0 saturated carbocycles.